The van der Waals surface area contributed by atoms with Crippen LogP contribution in [0.4, 0.5) is 23.1 Å². The maximum atomic E-state index is 13.4. The molecular formula is C24H34N6O3S. The van der Waals surface area contributed by atoms with Gasteiger partial charge in [0, 0.05) is 31.4 Å². The van der Waals surface area contributed by atoms with E-state index in [0.29, 0.717) is 35.4 Å². The number of benzene rings is 1. The molecule has 0 unspecified atom stereocenters. The molecule has 3 N–H and O–H groups in total. The first-order valence-corrected chi connectivity index (χ1v) is 13.8. The van der Waals surface area contributed by atoms with E-state index in [1.54, 1.807) is 24.3 Å². The zero-order valence-corrected chi connectivity index (χ0v) is 20.7. The molecule has 2 aliphatic heterocycles. The number of aromatic nitrogens is 2. The molecular weight excluding hydrogens is 452 g/mol. The van der Waals surface area contributed by atoms with Crippen LogP contribution in [-0.4, -0.2) is 49.7 Å². The lowest BCUT2D eigenvalue weighted by molar-refractivity contribution is 0.102. The Kier molecular flexibility index (Phi) is 7.55. The normalized spacial score (nSPS) is 19.2. The fourth-order valence-corrected chi connectivity index (χ4v) is 5.85. The van der Waals surface area contributed by atoms with Crippen LogP contribution in [0.1, 0.15) is 61.5 Å². The maximum absolute atomic E-state index is 13.4. The monoisotopic (exact) mass is 486 g/mol. The van der Waals surface area contributed by atoms with E-state index in [2.05, 4.69) is 30.2 Å². The average molecular weight is 487 g/mol. The molecule has 1 fully saturated rings. The van der Waals surface area contributed by atoms with Crippen molar-refractivity contribution < 1.29 is 13.2 Å². The highest BCUT2D eigenvalue weighted by molar-refractivity contribution is 7.92. The number of nitrogens with one attached hydrogen (secondary N) is 3. The predicted octanol–water partition coefficient (Wildman–Crippen LogP) is 4.00. The van der Waals surface area contributed by atoms with Crippen LogP contribution in [0.2, 0.25) is 0 Å². The Morgan fingerprint density at radius 3 is 2.79 bits per heavy atom. The van der Waals surface area contributed by atoms with Gasteiger partial charge in [0.2, 0.25) is 16.0 Å². The highest BCUT2D eigenvalue weighted by Crippen LogP contribution is 2.32. The number of piperidine rings is 1. The minimum Gasteiger partial charge on any atom is -0.371 e. The van der Waals surface area contributed by atoms with Crippen LogP contribution in [0.3, 0.4) is 0 Å². The highest BCUT2D eigenvalue weighted by Gasteiger charge is 2.25. The summed E-state index contributed by atoms with van der Waals surface area (Å²) in [6.45, 7) is 6.17. The lowest BCUT2D eigenvalue weighted by Gasteiger charge is -2.35. The Hall–Kier alpha value is -2.88. The summed E-state index contributed by atoms with van der Waals surface area (Å²) in [6, 6.07) is 6.88. The van der Waals surface area contributed by atoms with Gasteiger partial charge in [0.05, 0.1) is 22.7 Å². The van der Waals surface area contributed by atoms with E-state index in [4.69, 9.17) is 0 Å². The van der Waals surface area contributed by atoms with E-state index in [-0.39, 0.29) is 11.7 Å². The number of hydrogen-bond donors (Lipinski definition) is 3. The fraction of sp³-hybridized carbons (Fsp3) is 0.542. The number of fused-ring (bicyclic) bond motifs is 6. The summed E-state index contributed by atoms with van der Waals surface area (Å²) in [5, 5.41) is 6.19. The first-order valence-electron chi connectivity index (χ1n) is 12.1. The van der Waals surface area contributed by atoms with E-state index in [1.807, 2.05) is 13.8 Å². The third-order valence-corrected chi connectivity index (χ3v) is 7.76. The lowest BCUT2D eigenvalue weighted by Crippen LogP contribution is -2.36. The number of carbonyl (C=O) groups excluding carboxylic acids is 1. The minimum absolute atomic E-state index is 0.0553. The van der Waals surface area contributed by atoms with Gasteiger partial charge in [0.15, 0.2) is 0 Å². The SMILES string of the molecule is CCCS(=O)(=O)Nc1ccc2c(c1)N1CCC[C@@H](CCCCNc3nc(C)cc(n3)NC2=O)C1. The van der Waals surface area contributed by atoms with Gasteiger partial charge in [0.1, 0.15) is 5.82 Å². The molecule has 0 saturated carbocycles. The van der Waals surface area contributed by atoms with Crippen molar-refractivity contribution in [2.75, 3.05) is 45.6 Å². The Bertz CT molecular complexity index is 1140. The summed E-state index contributed by atoms with van der Waals surface area (Å²) in [5.41, 5.74) is 2.49. The molecule has 0 spiro atoms. The van der Waals surface area contributed by atoms with E-state index in [0.717, 1.165) is 63.1 Å². The second-order valence-electron chi connectivity index (χ2n) is 9.20. The summed E-state index contributed by atoms with van der Waals surface area (Å²) in [6.07, 6.45) is 5.98. The van der Waals surface area contributed by atoms with Crippen LogP contribution in [0.5, 0.6) is 0 Å². The number of rotatable bonds is 4. The zero-order valence-electron chi connectivity index (χ0n) is 19.9. The van der Waals surface area contributed by atoms with Crippen LogP contribution in [0, 0.1) is 12.8 Å². The van der Waals surface area contributed by atoms with Crippen molar-refractivity contribution in [3.05, 3.63) is 35.5 Å². The van der Waals surface area contributed by atoms with Crippen LogP contribution >= 0.6 is 0 Å². The fourth-order valence-electron chi connectivity index (χ4n) is 4.72. The Morgan fingerprint density at radius 2 is 1.97 bits per heavy atom. The van der Waals surface area contributed by atoms with Crippen molar-refractivity contribution in [3.8, 4) is 0 Å². The summed E-state index contributed by atoms with van der Waals surface area (Å²) in [7, 11) is -3.43. The molecule has 2 aromatic rings. The molecule has 4 bridgehead atoms. The molecule has 2 aliphatic rings. The molecule has 1 amide bonds. The van der Waals surface area contributed by atoms with Gasteiger partial charge in [-0.15, -0.1) is 0 Å². The quantitative estimate of drug-likeness (QED) is 0.598. The minimum atomic E-state index is -3.43. The highest BCUT2D eigenvalue weighted by atomic mass is 32.2. The van der Waals surface area contributed by atoms with Crippen molar-refractivity contribution in [3.63, 3.8) is 0 Å². The molecule has 0 radical (unpaired) electrons. The van der Waals surface area contributed by atoms with Crippen molar-refractivity contribution in [2.45, 2.75) is 52.4 Å². The number of aryl methyl sites for hydroxylation is 1. The Balaban J connectivity index is 1.71. The largest absolute Gasteiger partial charge is 0.371 e. The summed E-state index contributed by atoms with van der Waals surface area (Å²) in [4.78, 5) is 24.5. The van der Waals surface area contributed by atoms with Gasteiger partial charge in [-0.05, 0) is 63.1 Å². The third-order valence-electron chi connectivity index (χ3n) is 6.27. The second kappa shape index (κ2) is 10.6. The van der Waals surface area contributed by atoms with Crippen molar-refractivity contribution in [2.24, 2.45) is 5.92 Å². The van der Waals surface area contributed by atoms with E-state index in [1.165, 1.54) is 0 Å². The first-order chi connectivity index (χ1) is 16.3. The molecule has 1 atom stereocenters. The molecule has 34 heavy (non-hydrogen) atoms. The van der Waals surface area contributed by atoms with Crippen molar-refractivity contribution in [1.82, 2.24) is 9.97 Å². The topological polar surface area (TPSA) is 116 Å². The number of amides is 1. The van der Waals surface area contributed by atoms with Crippen LogP contribution in [0.25, 0.3) is 0 Å². The number of sulfonamides is 1. The number of hydrogen-bond acceptors (Lipinski definition) is 7. The smallest absolute Gasteiger partial charge is 0.258 e. The first kappa shape index (κ1) is 24.3. The van der Waals surface area contributed by atoms with Crippen molar-refractivity contribution in [1.29, 1.82) is 0 Å². The standard InChI is InChI=1S/C24H34N6O3S/c1-3-13-34(32,33)29-19-9-10-20-21(15-19)30-12-6-8-18(16-30)7-4-5-11-25-24-26-17(2)14-22(28-24)27-23(20)31/h9-10,14-15,18,29H,3-8,11-13,16H2,1-2H3,(H2,25,26,27,28,31)/t18-/m1/s1. The maximum Gasteiger partial charge on any atom is 0.258 e. The molecule has 10 heteroatoms. The van der Waals surface area contributed by atoms with E-state index < -0.39 is 10.0 Å². The van der Waals surface area contributed by atoms with Crippen LogP contribution in [-0.2, 0) is 10.0 Å². The lowest BCUT2D eigenvalue weighted by atomic mass is 9.92. The number of nitrogens with zero attached hydrogens (tertiary/aromatic N) is 3. The van der Waals surface area contributed by atoms with Gasteiger partial charge < -0.3 is 15.5 Å². The molecule has 3 heterocycles. The molecule has 1 saturated heterocycles. The van der Waals surface area contributed by atoms with Gasteiger partial charge in [-0.25, -0.2) is 13.4 Å². The second-order valence-corrected chi connectivity index (χ2v) is 11.0. The average Bonchev–Trinajstić information content (AvgIpc) is 2.78. The molecule has 1 aromatic carbocycles. The van der Waals surface area contributed by atoms with Gasteiger partial charge in [-0.2, -0.15) is 4.98 Å². The number of carbonyl (C=O) groups is 1. The van der Waals surface area contributed by atoms with Gasteiger partial charge in [-0.1, -0.05) is 13.3 Å². The van der Waals surface area contributed by atoms with Gasteiger partial charge in [-0.3, -0.25) is 9.52 Å². The summed E-state index contributed by atoms with van der Waals surface area (Å²) < 4.78 is 27.4. The predicted molar refractivity (Wildman–Crippen MR) is 136 cm³/mol. The van der Waals surface area contributed by atoms with E-state index >= 15 is 0 Å². The molecule has 0 aliphatic carbocycles. The number of anilines is 4. The Morgan fingerprint density at radius 1 is 1.15 bits per heavy atom. The molecule has 4 rings (SSSR count). The van der Waals surface area contributed by atoms with Gasteiger partial charge in [0.25, 0.3) is 5.91 Å². The Labute approximate surface area is 201 Å². The van der Waals surface area contributed by atoms with Gasteiger partial charge >= 0.3 is 0 Å². The molecule has 1 aromatic heterocycles. The van der Waals surface area contributed by atoms with E-state index in [9.17, 15) is 13.2 Å². The van der Waals surface area contributed by atoms with Crippen LogP contribution < -0.4 is 20.3 Å². The zero-order chi connectivity index (χ0) is 24.1. The summed E-state index contributed by atoms with van der Waals surface area (Å²) in [5.74, 6) is 1.26. The molecule has 9 nitrogen and oxygen atoms in total. The van der Waals surface area contributed by atoms with Crippen molar-refractivity contribution >= 4 is 39.1 Å². The molecule has 184 valence electrons. The van der Waals surface area contributed by atoms with Crippen LogP contribution in [0.15, 0.2) is 24.3 Å². The third kappa shape index (κ3) is 6.16. The summed E-state index contributed by atoms with van der Waals surface area (Å²) >= 11 is 0.